The Labute approximate surface area is 188 Å². The van der Waals surface area contributed by atoms with Crippen LogP contribution in [0.3, 0.4) is 0 Å². The van der Waals surface area contributed by atoms with Gasteiger partial charge in [-0.05, 0) is 44.4 Å². The third-order valence-electron chi connectivity index (χ3n) is 6.03. The summed E-state index contributed by atoms with van der Waals surface area (Å²) in [6.45, 7) is 3.97. The van der Waals surface area contributed by atoms with Crippen molar-refractivity contribution in [3.05, 3.63) is 78.0 Å². The first-order valence-corrected chi connectivity index (χ1v) is 10.8. The Kier molecular flexibility index (Phi) is 6.21. The van der Waals surface area contributed by atoms with Crippen molar-refractivity contribution in [2.45, 2.75) is 38.5 Å². The van der Waals surface area contributed by atoms with Crippen LogP contribution in [-0.2, 0) is 14.9 Å². The second-order valence-corrected chi connectivity index (χ2v) is 8.05. The summed E-state index contributed by atoms with van der Waals surface area (Å²) in [7, 11) is 1.45. The number of aromatic nitrogens is 2. The second-order valence-electron chi connectivity index (χ2n) is 8.05. The van der Waals surface area contributed by atoms with Gasteiger partial charge in [-0.3, -0.25) is 4.79 Å². The van der Waals surface area contributed by atoms with Gasteiger partial charge in [0.1, 0.15) is 5.82 Å². The molecule has 6 nitrogen and oxygen atoms in total. The Morgan fingerprint density at radius 2 is 1.78 bits per heavy atom. The van der Waals surface area contributed by atoms with Crippen LogP contribution in [0.1, 0.15) is 38.7 Å². The van der Waals surface area contributed by atoms with Crippen molar-refractivity contribution < 1.29 is 9.53 Å². The van der Waals surface area contributed by atoms with Crippen molar-refractivity contribution in [1.82, 2.24) is 9.97 Å². The topological polar surface area (TPSA) is 76.1 Å². The maximum atomic E-state index is 12.3. The maximum absolute atomic E-state index is 12.3. The number of allylic oxidation sites excluding steroid dienone is 2. The molecule has 32 heavy (non-hydrogen) atoms. The fourth-order valence-electron chi connectivity index (χ4n) is 3.94. The number of esters is 1. The lowest BCUT2D eigenvalue weighted by Gasteiger charge is -2.39. The van der Waals surface area contributed by atoms with Gasteiger partial charge in [-0.2, -0.15) is 4.98 Å². The minimum Gasteiger partial charge on any atom is -0.468 e. The average molecular weight is 429 g/mol. The predicted octanol–water partition coefficient (Wildman–Crippen LogP) is 5.82. The van der Waals surface area contributed by atoms with E-state index in [9.17, 15) is 4.79 Å². The molecule has 6 heteroatoms. The molecule has 0 unspecified atom stereocenters. The van der Waals surface area contributed by atoms with Crippen LogP contribution in [0.5, 0.6) is 0 Å². The number of benzene rings is 2. The second kappa shape index (κ2) is 9.22. The highest BCUT2D eigenvalue weighted by molar-refractivity contribution is 5.84. The first kappa shape index (κ1) is 21.6. The van der Waals surface area contributed by atoms with Gasteiger partial charge in [0.05, 0.1) is 18.2 Å². The molecule has 0 amide bonds. The van der Waals surface area contributed by atoms with Crippen LogP contribution in [0, 0.1) is 0 Å². The van der Waals surface area contributed by atoms with E-state index in [0.717, 1.165) is 47.5 Å². The van der Waals surface area contributed by atoms with E-state index in [2.05, 4.69) is 15.6 Å². The van der Waals surface area contributed by atoms with Crippen molar-refractivity contribution in [2.24, 2.45) is 0 Å². The van der Waals surface area contributed by atoms with Crippen LogP contribution in [0.25, 0.3) is 11.3 Å². The molecule has 1 fully saturated rings. The molecule has 1 heterocycles. The molecule has 0 radical (unpaired) electrons. The molecule has 0 spiro atoms. The summed E-state index contributed by atoms with van der Waals surface area (Å²) in [4.78, 5) is 21.7. The number of ether oxygens (including phenoxy) is 1. The summed E-state index contributed by atoms with van der Waals surface area (Å²) in [5.41, 5.74) is 4.19. The van der Waals surface area contributed by atoms with Gasteiger partial charge in [0, 0.05) is 23.0 Å². The molecule has 0 saturated heterocycles. The molecular formula is C26H28N4O2. The lowest BCUT2D eigenvalue weighted by molar-refractivity contribution is -0.151. The van der Waals surface area contributed by atoms with E-state index in [1.165, 1.54) is 7.11 Å². The highest BCUT2D eigenvalue weighted by Crippen LogP contribution is 2.45. The van der Waals surface area contributed by atoms with E-state index in [1.54, 1.807) is 0 Å². The summed E-state index contributed by atoms with van der Waals surface area (Å²) < 4.78 is 5.06. The monoisotopic (exact) mass is 428 g/mol. The van der Waals surface area contributed by atoms with Crippen LogP contribution in [0.2, 0.25) is 0 Å². The van der Waals surface area contributed by atoms with E-state index in [1.807, 2.05) is 80.6 Å². The maximum Gasteiger partial charge on any atom is 0.316 e. The number of anilines is 3. The number of hydrogen-bond donors (Lipinski definition) is 2. The van der Waals surface area contributed by atoms with Crippen LogP contribution in [0.4, 0.5) is 17.5 Å². The normalized spacial score (nSPS) is 14.9. The predicted molar refractivity (Wildman–Crippen MR) is 128 cm³/mol. The zero-order valence-electron chi connectivity index (χ0n) is 18.7. The third-order valence-corrected chi connectivity index (χ3v) is 6.03. The van der Waals surface area contributed by atoms with Crippen molar-refractivity contribution in [3.63, 3.8) is 0 Å². The van der Waals surface area contributed by atoms with E-state index in [4.69, 9.17) is 9.72 Å². The summed E-state index contributed by atoms with van der Waals surface area (Å²) in [6.07, 6.45) is 4.69. The Hall–Kier alpha value is -3.67. The number of methoxy groups -OCH3 is 1. The Balaban J connectivity index is 1.62. The van der Waals surface area contributed by atoms with Crippen molar-refractivity contribution in [2.75, 3.05) is 17.7 Å². The SMILES string of the molecule is C/C=C(\C)Nc1cc(-c2ccccc2)nc(Nc2ccc(C3(C(=O)OC)CCC3)cc2)n1. The lowest BCUT2D eigenvalue weighted by atomic mass is 9.64. The summed E-state index contributed by atoms with van der Waals surface area (Å²) >= 11 is 0. The number of carbonyl (C=O) groups is 1. The van der Waals surface area contributed by atoms with Crippen LogP contribution < -0.4 is 10.6 Å². The molecule has 1 aliphatic rings. The molecule has 3 aromatic rings. The van der Waals surface area contributed by atoms with Crippen LogP contribution >= 0.6 is 0 Å². The molecule has 0 aliphatic heterocycles. The molecular weight excluding hydrogens is 400 g/mol. The number of hydrogen-bond acceptors (Lipinski definition) is 6. The van der Waals surface area contributed by atoms with Gasteiger partial charge in [0.2, 0.25) is 5.95 Å². The summed E-state index contributed by atoms with van der Waals surface area (Å²) in [6, 6.07) is 19.9. The molecule has 4 rings (SSSR count). The Morgan fingerprint density at radius 1 is 1.06 bits per heavy atom. The molecule has 0 atom stereocenters. The van der Waals surface area contributed by atoms with Crippen molar-refractivity contribution in [3.8, 4) is 11.3 Å². The molecule has 1 saturated carbocycles. The number of carbonyl (C=O) groups excluding carboxylic acids is 1. The zero-order chi connectivity index (χ0) is 22.6. The van der Waals surface area contributed by atoms with Gasteiger partial charge >= 0.3 is 5.97 Å². The minimum absolute atomic E-state index is 0.154. The summed E-state index contributed by atoms with van der Waals surface area (Å²) in [5.74, 6) is 1.06. The molecule has 2 aromatic carbocycles. The van der Waals surface area contributed by atoms with Gasteiger partial charge in [0.25, 0.3) is 0 Å². The first-order chi connectivity index (χ1) is 15.5. The zero-order valence-corrected chi connectivity index (χ0v) is 18.7. The van der Waals surface area contributed by atoms with E-state index in [-0.39, 0.29) is 5.97 Å². The minimum atomic E-state index is -0.502. The summed E-state index contributed by atoms with van der Waals surface area (Å²) in [5, 5.41) is 6.62. The van der Waals surface area contributed by atoms with Crippen molar-refractivity contribution in [1.29, 1.82) is 0 Å². The van der Waals surface area contributed by atoms with E-state index >= 15 is 0 Å². The van der Waals surface area contributed by atoms with Crippen LogP contribution in [-0.4, -0.2) is 23.0 Å². The van der Waals surface area contributed by atoms with Gasteiger partial charge in [0.15, 0.2) is 0 Å². The molecule has 164 valence electrons. The average Bonchev–Trinajstić information content (AvgIpc) is 2.79. The van der Waals surface area contributed by atoms with Gasteiger partial charge < -0.3 is 15.4 Å². The van der Waals surface area contributed by atoms with Crippen molar-refractivity contribution >= 4 is 23.4 Å². The number of nitrogens with one attached hydrogen (secondary N) is 2. The fraction of sp³-hybridized carbons (Fsp3) is 0.269. The fourth-order valence-corrected chi connectivity index (χ4v) is 3.94. The Morgan fingerprint density at radius 3 is 2.38 bits per heavy atom. The third kappa shape index (κ3) is 4.35. The van der Waals surface area contributed by atoms with Gasteiger partial charge in [-0.15, -0.1) is 0 Å². The molecule has 2 N–H and O–H groups in total. The highest BCUT2D eigenvalue weighted by atomic mass is 16.5. The smallest absolute Gasteiger partial charge is 0.316 e. The van der Waals surface area contributed by atoms with E-state index < -0.39 is 5.41 Å². The molecule has 1 aromatic heterocycles. The number of nitrogens with zero attached hydrogens (tertiary/aromatic N) is 2. The molecule has 1 aliphatic carbocycles. The van der Waals surface area contributed by atoms with Gasteiger partial charge in [-0.25, -0.2) is 4.98 Å². The first-order valence-electron chi connectivity index (χ1n) is 10.8. The largest absolute Gasteiger partial charge is 0.468 e. The van der Waals surface area contributed by atoms with Gasteiger partial charge in [-0.1, -0.05) is 55.0 Å². The standard InChI is InChI=1S/C26H28N4O2/c1-4-18(2)27-23-17-22(19-9-6-5-7-10-19)29-25(30-23)28-21-13-11-20(12-14-21)26(15-8-16-26)24(31)32-3/h4-7,9-14,17H,8,15-16H2,1-3H3,(H2,27,28,29,30)/b18-4+. The quantitative estimate of drug-likeness (QED) is 0.462. The Bertz CT molecular complexity index is 1120. The highest BCUT2D eigenvalue weighted by Gasteiger charge is 2.46. The number of rotatable bonds is 7. The lowest BCUT2D eigenvalue weighted by Crippen LogP contribution is -2.43. The van der Waals surface area contributed by atoms with Crippen LogP contribution in [0.15, 0.2) is 72.4 Å². The molecule has 0 bridgehead atoms. The van der Waals surface area contributed by atoms with E-state index in [0.29, 0.717) is 11.8 Å².